The Bertz CT molecular complexity index is 1460. The van der Waals surface area contributed by atoms with Crippen LogP contribution in [0.15, 0.2) is 71.6 Å². The molecule has 0 aliphatic carbocycles. The van der Waals surface area contributed by atoms with Crippen LogP contribution in [-0.2, 0) is 26.2 Å². The molecule has 3 aromatic carbocycles. The molecule has 0 radical (unpaired) electrons. The number of carbonyl (C=O) groups excluding carboxylic acids is 2. The van der Waals surface area contributed by atoms with Crippen molar-refractivity contribution in [1.82, 2.24) is 10.2 Å². The molecule has 0 saturated heterocycles. The summed E-state index contributed by atoms with van der Waals surface area (Å²) in [4.78, 5) is 28.8. The van der Waals surface area contributed by atoms with E-state index < -0.39 is 28.5 Å². The molecule has 0 spiro atoms. The molecule has 11 heteroatoms. The summed E-state index contributed by atoms with van der Waals surface area (Å²) in [5.41, 5.74) is 1.69. The molecule has 0 aliphatic heterocycles. The molecule has 1 atom stereocenters. The molecule has 0 unspecified atom stereocenters. The van der Waals surface area contributed by atoms with Gasteiger partial charge in [0.1, 0.15) is 18.3 Å². The zero-order chi connectivity index (χ0) is 31.0. The lowest BCUT2D eigenvalue weighted by atomic mass is 10.1. The van der Waals surface area contributed by atoms with Crippen molar-refractivity contribution in [2.24, 2.45) is 0 Å². The molecular formula is C31H37Cl2N3O5S. The molecule has 42 heavy (non-hydrogen) atoms. The highest BCUT2D eigenvalue weighted by atomic mass is 35.5. The van der Waals surface area contributed by atoms with Crippen LogP contribution < -0.4 is 14.4 Å². The van der Waals surface area contributed by atoms with Crippen molar-refractivity contribution in [2.45, 2.75) is 64.6 Å². The smallest absolute Gasteiger partial charge is 0.264 e. The fourth-order valence-corrected chi connectivity index (χ4v) is 6.33. The second kappa shape index (κ2) is 14.8. The quantitative estimate of drug-likeness (QED) is 0.241. The van der Waals surface area contributed by atoms with E-state index in [0.29, 0.717) is 33.7 Å². The van der Waals surface area contributed by atoms with Crippen molar-refractivity contribution in [3.05, 3.63) is 87.9 Å². The zero-order valence-electron chi connectivity index (χ0n) is 24.4. The highest BCUT2D eigenvalue weighted by Gasteiger charge is 2.34. The van der Waals surface area contributed by atoms with Gasteiger partial charge in [0.15, 0.2) is 0 Å². The lowest BCUT2D eigenvalue weighted by molar-refractivity contribution is -0.140. The summed E-state index contributed by atoms with van der Waals surface area (Å²) in [6.07, 6.45) is 0.280. The van der Waals surface area contributed by atoms with E-state index in [4.69, 9.17) is 27.9 Å². The Kier molecular flexibility index (Phi) is 11.7. The molecule has 3 rings (SSSR count). The molecule has 0 bridgehead atoms. The van der Waals surface area contributed by atoms with Crippen LogP contribution in [0.5, 0.6) is 5.75 Å². The minimum absolute atomic E-state index is 0.00961. The summed E-state index contributed by atoms with van der Waals surface area (Å²) in [6, 6.07) is 16.8. The maximum absolute atomic E-state index is 14.2. The van der Waals surface area contributed by atoms with Gasteiger partial charge in [0.05, 0.1) is 17.2 Å². The second-order valence-electron chi connectivity index (χ2n) is 10.1. The number of hydrogen-bond donors (Lipinski definition) is 1. The van der Waals surface area contributed by atoms with Crippen LogP contribution >= 0.6 is 23.2 Å². The summed E-state index contributed by atoms with van der Waals surface area (Å²) in [7, 11) is -4.21. The summed E-state index contributed by atoms with van der Waals surface area (Å²) in [6.45, 7) is 8.93. The monoisotopic (exact) mass is 633 g/mol. The summed E-state index contributed by atoms with van der Waals surface area (Å²) < 4.78 is 34.6. The minimum atomic E-state index is -4.21. The van der Waals surface area contributed by atoms with Crippen molar-refractivity contribution in [1.29, 1.82) is 0 Å². The number of amides is 2. The maximum atomic E-state index is 14.2. The van der Waals surface area contributed by atoms with Gasteiger partial charge in [0, 0.05) is 28.2 Å². The average Bonchev–Trinajstić information content (AvgIpc) is 2.93. The Morgan fingerprint density at radius 2 is 1.52 bits per heavy atom. The number of nitrogens with zero attached hydrogens (tertiary/aromatic N) is 2. The third-order valence-corrected chi connectivity index (χ3v) is 9.03. The molecule has 0 heterocycles. The highest BCUT2D eigenvalue weighted by Crippen LogP contribution is 2.29. The third-order valence-electron chi connectivity index (χ3n) is 6.53. The van der Waals surface area contributed by atoms with Crippen LogP contribution in [0.4, 0.5) is 5.69 Å². The van der Waals surface area contributed by atoms with E-state index in [2.05, 4.69) is 5.32 Å². The number of ether oxygens (including phenoxy) is 1. The standard InChI is InChI=1S/C31H37Cl2N3O5S/c1-6-29(31(38)34-21(3)4)35(19-26-27(32)9-8-10-28(26)33)30(37)20-36(23-13-11-22(5)12-14-23)42(39,40)25-17-15-24(16-18-25)41-7-2/h8-18,21,29H,6-7,19-20H2,1-5H3,(H,34,38)/t29-/m1/s1. The first-order valence-electron chi connectivity index (χ1n) is 13.7. The maximum Gasteiger partial charge on any atom is 0.264 e. The molecule has 0 aliphatic rings. The highest BCUT2D eigenvalue weighted by molar-refractivity contribution is 7.92. The van der Waals surface area contributed by atoms with E-state index in [0.717, 1.165) is 9.87 Å². The van der Waals surface area contributed by atoms with Crippen molar-refractivity contribution in [3.8, 4) is 5.75 Å². The fourth-order valence-electron chi connectivity index (χ4n) is 4.40. The van der Waals surface area contributed by atoms with Crippen molar-refractivity contribution in [3.63, 3.8) is 0 Å². The first kappa shape index (κ1) is 33.2. The summed E-state index contributed by atoms with van der Waals surface area (Å²) >= 11 is 12.9. The number of sulfonamides is 1. The van der Waals surface area contributed by atoms with Gasteiger partial charge in [-0.25, -0.2) is 8.42 Å². The van der Waals surface area contributed by atoms with Gasteiger partial charge < -0.3 is 15.0 Å². The Labute approximate surface area is 258 Å². The normalized spacial score (nSPS) is 12.1. The van der Waals surface area contributed by atoms with Gasteiger partial charge in [-0.15, -0.1) is 0 Å². The first-order valence-corrected chi connectivity index (χ1v) is 15.9. The number of nitrogens with one attached hydrogen (secondary N) is 1. The molecule has 0 saturated carbocycles. The number of halogens is 2. The Morgan fingerprint density at radius 1 is 0.929 bits per heavy atom. The number of carbonyl (C=O) groups is 2. The number of rotatable bonds is 13. The molecule has 0 aromatic heterocycles. The Balaban J connectivity index is 2.09. The Morgan fingerprint density at radius 3 is 2.05 bits per heavy atom. The van der Waals surface area contributed by atoms with Crippen LogP contribution in [0.1, 0.15) is 45.2 Å². The Hall–Kier alpha value is -3.27. The topological polar surface area (TPSA) is 96.0 Å². The van der Waals surface area contributed by atoms with Crippen LogP contribution in [0.2, 0.25) is 10.0 Å². The van der Waals surface area contributed by atoms with E-state index >= 15 is 0 Å². The zero-order valence-corrected chi connectivity index (χ0v) is 26.8. The molecule has 3 aromatic rings. The van der Waals surface area contributed by atoms with Crippen LogP contribution in [0.3, 0.4) is 0 Å². The number of anilines is 1. The van der Waals surface area contributed by atoms with Gasteiger partial charge in [-0.05, 0) is 82.6 Å². The molecule has 0 fully saturated rings. The van der Waals surface area contributed by atoms with E-state index in [-0.39, 0.29) is 29.8 Å². The van der Waals surface area contributed by atoms with E-state index in [1.54, 1.807) is 61.5 Å². The lowest BCUT2D eigenvalue weighted by Gasteiger charge is -2.34. The third kappa shape index (κ3) is 8.18. The fraction of sp³-hybridized carbons (Fsp3) is 0.355. The van der Waals surface area contributed by atoms with Crippen LogP contribution in [0, 0.1) is 6.92 Å². The molecule has 8 nitrogen and oxygen atoms in total. The molecular weight excluding hydrogens is 597 g/mol. The van der Waals surface area contributed by atoms with Crippen LogP contribution in [0.25, 0.3) is 0 Å². The van der Waals surface area contributed by atoms with Crippen molar-refractivity contribution in [2.75, 3.05) is 17.5 Å². The van der Waals surface area contributed by atoms with Gasteiger partial charge in [-0.2, -0.15) is 0 Å². The molecule has 226 valence electrons. The van der Waals surface area contributed by atoms with Gasteiger partial charge in [0.2, 0.25) is 11.8 Å². The van der Waals surface area contributed by atoms with Crippen LogP contribution in [-0.4, -0.2) is 50.4 Å². The number of aryl methyl sites for hydroxylation is 1. The SMILES string of the molecule is CCOc1ccc(S(=O)(=O)N(CC(=O)N(Cc2c(Cl)cccc2Cl)[C@H](CC)C(=O)NC(C)C)c2ccc(C)cc2)cc1. The predicted molar refractivity (Wildman–Crippen MR) is 168 cm³/mol. The van der Waals surface area contributed by atoms with Gasteiger partial charge >= 0.3 is 0 Å². The van der Waals surface area contributed by atoms with E-state index in [9.17, 15) is 18.0 Å². The lowest BCUT2D eigenvalue weighted by Crippen LogP contribution is -2.53. The number of benzene rings is 3. The van der Waals surface area contributed by atoms with Gasteiger partial charge in [0.25, 0.3) is 10.0 Å². The minimum Gasteiger partial charge on any atom is -0.494 e. The van der Waals surface area contributed by atoms with E-state index in [1.807, 2.05) is 27.7 Å². The summed E-state index contributed by atoms with van der Waals surface area (Å²) in [5, 5.41) is 3.53. The van der Waals surface area contributed by atoms with Gasteiger partial charge in [-0.1, -0.05) is 53.9 Å². The van der Waals surface area contributed by atoms with Gasteiger partial charge in [-0.3, -0.25) is 13.9 Å². The van der Waals surface area contributed by atoms with Crippen molar-refractivity contribution < 1.29 is 22.7 Å². The molecule has 1 N–H and O–H groups in total. The number of hydrogen-bond acceptors (Lipinski definition) is 5. The average molecular weight is 635 g/mol. The largest absolute Gasteiger partial charge is 0.494 e. The second-order valence-corrected chi connectivity index (χ2v) is 12.7. The first-order chi connectivity index (χ1) is 19.9. The summed E-state index contributed by atoms with van der Waals surface area (Å²) in [5.74, 6) is -0.425. The predicted octanol–water partition coefficient (Wildman–Crippen LogP) is 6.23. The van der Waals surface area contributed by atoms with E-state index in [1.165, 1.54) is 17.0 Å². The van der Waals surface area contributed by atoms with Crippen molar-refractivity contribution >= 4 is 50.7 Å². The molecule has 2 amide bonds.